The van der Waals surface area contributed by atoms with E-state index in [1.807, 2.05) is 18.2 Å². The van der Waals surface area contributed by atoms with Crippen molar-refractivity contribution in [2.45, 2.75) is 45.4 Å². The summed E-state index contributed by atoms with van der Waals surface area (Å²) in [6.45, 7) is 4.34. The van der Waals surface area contributed by atoms with Gasteiger partial charge >= 0.3 is 0 Å². The molecule has 0 saturated carbocycles. The van der Waals surface area contributed by atoms with Gasteiger partial charge in [-0.25, -0.2) is 0 Å². The number of benzene rings is 1. The fourth-order valence-electron chi connectivity index (χ4n) is 2.01. The van der Waals surface area contributed by atoms with E-state index >= 15 is 0 Å². The van der Waals surface area contributed by atoms with Gasteiger partial charge in [-0.2, -0.15) is 0 Å². The average molecular weight is 218 g/mol. The number of phenols is 1. The van der Waals surface area contributed by atoms with Crippen LogP contribution in [0, 0.1) is 0 Å². The quantitative estimate of drug-likeness (QED) is 0.690. The predicted octanol–water partition coefficient (Wildman–Crippen LogP) is 4.63. The van der Waals surface area contributed by atoms with E-state index in [9.17, 15) is 5.11 Å². The number of hydrogen-bond acceptors (Lipinski definition) is 1. The summed E-state index contributed by atoms with van der Waals surface area (Å²) < 4.78 is 0. The van der Waals surface area contributed by atoms with Crippen LogP contribution in [0.1, 0.15) is 51.0 Å². The molecule has 1 aromatic carbocycles. The molecule has 0 aromatic heterocycles. The van der Waals surface area contributed by atoms with Crippen molar-refractivity contribution in [2.75, 3.05) is 0 Å². The van der Waals surface area contributed by atoms with Crippen LogP contribution in [0.4, 0.5) is 0 Å². The summed E-state index contributed by atoms with van der Waals surface area (Å²) in [7, 11) is 0. The molecule has 0 bridgehead atoms. The molecular weight excluding hydrogens is 196 g/mol. The van der Waals surface area contributed by atoms with E-state index in [2.05, 4.69) is 26.0 Å². The lowest BCUT2D eigenvalue weighted by Crippen LogP contribution is -1.97. The van der Waals surface area contributed by atoms with Gasteiger partial charge < -0.3 is 5.11 Å². The Labute approximate surface area is 98.8 Å². The van der Waals surface area contributed by atoms with Crippen LogP contribution in [-0.4, -0.2) is 5.11 Å². The van der Waals surface area contributed by atoms with Gasteiger partial charge in [-0.15, -0.1) is 0 Å². The van der Waals surface area contributed by atoms with Gasteiger partial charge in [0.25, 0.3) is 0 Å². The van der Waals surface area contributed by atoms with Crippen LogP contribution in [0.3, 0.4) is 0 Å². The molecule has 0 saturated heterocycles. The van der Waals surface area contributed by atoms with Gasteiger partial charge in [0.1, 0.15) is 5.75 Å². The first-order valence-corrected chi connectivity index (χ1v) is 6.22. The van der Waals surface area contributed by atoms with Crippen LogP contribution >= 0.6 is 0 Å². The van der Waals surface area contributed by atoms with Crippen LogP contribution < -0.4 is 0 Å². The van der Waals surface area contributed by atoms with Gasteiger partial charge in [-0.05, 0) is 36.8 Å². The van der Waals surface area contributed by atoms with Gasteiger partial charge in [-0.3, -0.25) is 0 Å². The normalized spacial score (nSPS) is 13.1. The third-order valence-corrected chi connectivity index (χ3v) is 2.84. The second kappa shape index (κ2) is 7.10. The number of aromatic hydroxyl groups is 1. The lowest BCUT2D eigenvalue weighted by Gasteiger charge is -2.15. The lowest BCUT2D eigenvalue weighted by atomic mass is 9.90. The summed E-state index contributed by atoms with van der Waals surface area (Å²) in [6, 6.07) is 7.70. The van der Waals surface area contributed by atoms with Crippen molar-refractivity contribution >= 4 is 0 Å². The molecule has 0 fully saturated rings. The third-order valence-electron chi connectivity index (χ3n) is 2.84. The number of phenolic OH excluding ortho intramolecular Hbond substituents is 1. The Morgan fingerprint density at radius 2 is 1.94 bits per heavy atom. The van der Waals surface area contributed by atoms with Gasteiger partial charge in [0, 0.05) is 0 Å². The van der Waals surface area contributed by atoms with Crippen molar-refractivity contribution in [1.29, 1.82) is 0 Å². The highest BCUT2D eigenvalue weighted by Crippen LogP contribution is 2.31. The highest BCUT2D eigenvalue weighted by atomic mass is 16.3. The van der Waals surface area contributed by atoms with Crippen molar-refractivity contribution in [3.63, 3.8) is 0 Å². The average Bonchev–Trinajstić information content (AvgIpc) is 2.29. The first kappa shape index (κ1) is 12.8. The van der Waals surface area contributed by atoms with Crippen LogP contribution in [0.5, 0.6) is 5.75 Å². The van der Waals surface area contributed by atoms with Crippen molar-refractivity contribution in [3.8, 4) is 5.75 Å². The first-order chi connectivity index (χ1) is 7.79. The van der Waals surface area contributed by atoms with Crippen LogP contribution in [0.15, 0.2) is 36.4 Å². The summed E-state index contributed by atoms with van der Waals surface area (Å²) in [5, 5.41) is 9.84. The van der Waals surface area contributed by atoms with E-state index in [0.717, 1.165) is 31.2 Å². The topological polar surface area (TPSA) is 20.2 Å². The molecule has 0 aliphatic heterocycles. The van der Waals surface area contributed by atoms with E-state index < -0.39 is 0 Å². The number of hydrogen-bond donors (Lipinski definition) is 1. The summed E-state index contributed by atoms with van der Waals surface area (Å²) >= 11 is 0. The van der Waals surface area contributed by atoms with Crippen molar-refractivity contribution in [1.82, 2.24) is 0 Å². The number of allylic oxidation sites excluding steroid dienone is 2. The van der Waals surface area contributed by atoms with Gasteiger partial charge in [0.2, 0.25) is 0 Å². The zero-order valence-corrected chi connectivity index (χ0v) is 10.3. The van der Waals surface area contributed by atoms with E-state index in [1.165, 1.54) is 0 Å². The molecule has 0 aliphatic carbocycles. The molecular formula is C15H22O. The molecule has 1 heteroatoms. The smallest absolute Gasteiger partial charge is 0.119 e. The Morgan fingerprint density at radius 1 is 1.19 bits per heavy atom. The molecule has 0 heterocycles. The molecule has 0 spiro atoms. The molecule has 0 radical (unpaired) electrons. The van der Waals surface area contributed by atoms with Gasteiger partial charge in [-0.1, -0.05) is 50.6 Å². The third kappa shape index (κ3) is 3.73. The van der Waals surface area contributed by atoms with Crippen molar-refractivity contribution in [3.05, 3.63) is 42.0 Å². The second-order valence-corrected chi connectivity index (χ2v) is 4.16. The molecule has 1 N–H and O–H groups in total. The van der Waals surface area contributed by atoms with E-state index in [-0.39, 0.29) is 0 Å². The Bertz CT molecular complexity index is 328. The summed E-state index contributed by atoms with van der Waals surface area (Å²) in [6.07, 6.45) is 8.82. The minimum Gasteiger partial charge on any atom is -0.508 e. The standard InChI is InChI=1S/C15H22O/c1-3-5-6-10-13(9-4-2)14-11-7-8-12-15(14)16/h5-8,11-13,16H,3-4,9-10H2,1-2H3/b6-5-. The minimum atomic E-state index is 0.436. The van der Waals surface area contributed by atoms with E-state index in [4.69, 9.17) is 0 Å². The van der Waals surface area contributed by atoms with Crippen molar-refractivity contribution < 1.29 is 5.11 Å². The van der Waals surface area contributed by atoms with Crippen LogP contribution in [-0.2, 0) is 0 Å². The molecule has 1 atom stereocenters. The van der Waals surface area contributed by atoms with Gasteiger partial charge in [0.15, 0.2) is 0 Å². The lowest BCUT2D eigenvalue weighted by molar-refractivity contribution is 0.456. The van der Waals surface area contributed by atoms with Gasteiger partial charge in [0.05, 0.1) is 0 Å². The fraction of sp³-hybridized carbons (Fsp3) is 0.467. The molecule has 88 valence electrons. The zero-order chi connectivity index (χ0) is 11.8. The Morgan fingerprint density at radius 3 is 2.56 bits per heavy atom. The number of rotatable bonds is 6. The molecule has 1 unspecified atom stereocenters. The number of para-hydroxylation sites is 1. The maximum Gasteiger partial charge on any atom is 0.119 e. The molecule has 0 amide bonds. The Hall–Kier alpha value is -1.24. The van der Waals surface area contributed by atoms with E-state index in [1.54, 1.807) is 6.07 Å². The summed E-state index contributed by atoms with van der Waals surface area (Å²) in [5.41, 5.74) is 1.09. The maximum atomic E-state index is 9.84. The zero-order valence-electron chi connectivity index (χ0n) is 10.3. The van der Waals surface area contributed by atoms with E-state index in [0.29, 0.717) is 11.7 Å². The SMILES string of the molecule is CC/C=C\CC(CCC)c1ccccc1O. The molecule has 0 aliphatic rings. The van der Waals surface area contributed by atoms with Crippen molar-refractivity contribution in [2.24, 2.45) is 0 Å². The molecule has 1 rings (SSSR count). The summed E-state index contributed by atoms with van der Waals surface area (Å²) in [5.74, 6) is 0.889. The molecule has 16 heavy (non-hydrogen) atoms. The minimum absolute atomic E-state index is 0.436. The first-order valence-electron chi connectivity index (χ1n) is 6.22. The van der Waals surface area contributed by atoms with Crippen LogP contribution in [0.25, 0.3) is 0 Å². The Balaban J connectivity index is 2.76. The predicted molar refractivity (Wildman–Crippen MR) is 69.8 cm³/mol. The molecule has 1 nitrogen and oxygen atoms in total. The monoisotopic (exact) mass is 218 g/mol. The Kier molecular flexibility index (Phi) is 5.69. The highest BCUT2D eigenvalue weighted by Gasteiger charge is 2.12. The van der Waals surface area contributed by atoms with Crippen LogP contribution in [0.2, 0.25) is 0 Å². The second-order valence-electron chi connectivity index (χ2n) is 4.16. The largest absolute Gasteiger partial charge is 0.508 e. The highest BCUT2D eigenvalue weighted by molar-refractivity contribution is 5.35. The molecule has 1 aromatic rings. The maximum absolute atomic E-state index is 9.84. The fourth-order valence-corrected chi connectivity index (χ4v) is 2.01. The summed E-state index contributed by atoms with van der Waals surface area (Å²) in [4.78, 5) is 0.